The molecule has 0 aliphatic carbocycles. The molecule has 348 valence electrons. The van der Waals surface area contributed by atoms with Crippen molar-refractivity contribution in [1.29, 1.82) is 0 Å². The second-order valence-corrected chi connectivity index (χ2v) is 16.8. The summed E-state index contributed by atoms with van der Waals surface area (Å²) in [5.41, 5.74) is -5.83. The fourth-order valence-corrected chi connectivity index (χ4v) is 7.82. The molecule has 1 aliphatic rings. The van der Waals surface area contributed by atoms with Crippen molar-refractivity contribution in [1.82, 2.24) is 0 Å². The molecule has 0 aromatic heterocycles. The number of aromatic carboxylic acids is 1. The van der Waals surface area contributed by atoms with Crippen molar-refractivity contribution in [3.8, 4) is 11.5 Å². The Morgan fingerprint density at radius 3 is 1.97 bits per heavy atom. The number of aromatic hydroxyl groups is 2. The van der Waals surface area contributed by atoms with Crippen molar-refractivity contribution in [2.45, 2.75) is 25.6 Å². The summed E-state index contributed by atoms with van der Waals surface area (Å²) in [7, 11) is -10.6. The zero-order valence-electron chi connectivity index (χ0n) is 32.0. The van der Waals surface area contributed by atoms with Gasteiger partial charge in [-0.1, -0.05) is 10.1 Å². The summed E-state index contributed by atoms with van der Waals surface area (Å²) in [6.45, 7) is 0. The van der Waals surface area contributed by atoms with Crippen LogP contribution in [0.2, 0.25) is 0 Å². The Balaban J connectivity index is 1.39. The minimum Gasteiger partial charge on any atom is -0.505 e. The second kappa shape index (κ2) is 19.9. The Labute approximate surface area is 378 Å². The van der Waals surface area contributed by atoms with Gasteiger partial charge in [-0.05, 0) is 72.1 Å². The number of amides is 1. The molecule has 8 N–H and O–H groups in total. The van der Waals surface area contributed by atoms with Gasteiger partial charge in [-0.25, -0.2) is 20.1 Å². The number of hydrazone groups is 1. The maximum atomic E-state index is 13.2. The third-order valence-electron chi connectivity index (χ3n) is 8.49. The molecule has 30 nitrogen and oxygen atoms in total. The molecule has 6 rings (SSSR count). The molecule has 1 atom stereocenters. The molecule has 67 heavy (non-hydrogen) atoms. The summed E-state index contributed by atoms with van der Waals surface area (Å²) in [4.78, 5) is 44.9. The molecule has 0 saturated heterocycles. The zero-order chi connectivity index (χ0) is 49.0. The standard InChI is InChI=1S/C33H21N9O21S4/c43-29-24-13(10-23(67(57,58)59)26(30(24)44)38-34-14-2-8-20(42(50)51)18(11-14)32(46)47)9-21(65-63-61-53)25(29)37-36-19-7-1-15(12-22(19)66(54,55)56)35-39-27-28(33(48)49)40-41(31(27)45)16-3-5-17(6-4-16)64-62-60-52/h1-12,27,43-44,52-53H,(H,46,47)(H,48,49)(H,54,55,56)(H,57,58,59). The van der Waals surface area contributed by atoms with E-state index in [2.05, 4.69) is 54.5 Å². The average molecular weight is 1010 g/mol. The van der Waals surface area contributed by atoms with E-state index in [1.54, 1.807) is 0 Å². The molecule has 0 fully saturated rings. The van der Waals surface area contributed by atoms with Gasteiger partial charge in [-0.2, -0.15) is 42.3 Å². The maximum Gasteiger partial charge on any atom is 0.355 e. The van der Waals surface area contributed by atoms with E-state index in [0.29, 0.717) is 40.1 Å². The number of benzene rings is 5. The van der Waals surface area contributed by atoms with Gasteiger partial charge in [0.15, 0.2) is 17.2 Å². The maximum absolute atomic E-state index is 13.2. The molecular weight excluding hydrogens is 987 g/mol. The van der Waals surface area contributed by atoms with Crippen LogP contribution in [0.1, 0.15) is 10.4 Å². The first-order valence-electron chi connectivity index (χ1n) is 17.1. The fraction of sp³-hybridized carbons (Fsp3) is 0.0303. The van der Waals surface area contributed by atoms with E-state index in [0.717, 1.165) is 30.3 Å². The fourth-order valence-electron chi connectivity index (χ4n) is 5.66. The highest BCUT2D eigenvalue weighted by Crippen LogP contribution is 2.51. The number of carboxylic acid groups (broad SMARTS) is 2. The van der Waals surface area contributed by atoms with Gasteiger partial charge >= 0.3 is 11.9 Å². The van der Waals surface area contributed by atoms with E-state index in [1.807, 2.05) is 0 Å². The number of hydrogen-bond donors (Lipinski definition) is 8. The molecule has 1 heterocycles. The number of hydrogen-bond acceptors (Lipinski definition) is 26. The number of nitro groups is 1. The van der Waals surface area contributed by atoms with Crippen LogP contribution in [0.25, 0.3) is 10.8 Å². The largest absolute Gasteiger partial charge is 0.505 e. The number of nitrogens with zero attached hydrogens (tertiary/aromatic N) is 9. The van der Waals surface area contributed by atoms with Gasteiger partial charge in [0, 0.05) is 11.0 Å². The molecule has 1 unspecified atom stereocenters. The van der Waals surface area contributed by atoms with Crippen molar-refractivity contribution >= 4 is 118 Å². The van der Waals surface area contributed by atoms with Crippen molar-refractivity contribution in [3.05, 3.63) is 88.5 Å². The SMILES string of the molecule is O=C(O)C1=NN(c2ccc(SOOO)cc2)C(=O)C1N=Nc1ccc(N=Nc2c(SOOO)cc3cc(S(=O)(=O)O)c(N=Nc4ccc([N+](=O)[O-])c(C(=O)O)c4)c(O)c3c2O)c(S(=O)(=O)O)c1. The van der Waals surface area contributed by atoms with Crippen LogP contribution in [-0.2, 0) is 48.6 Å². The number of fused-ring (bicyclic) bond motifs is 1. The Morgan fingerprint density at radius 1 is 0.746 bits per heavy atom. The second-order valence-electron chi connectivity index (χ2n) is 12.5. The molecule has 0 saturated carbocycles. The lowest BCUT2D eigenvalue weighted by Crippen LogP contribution is -2.33. The molecule has 34 heteroatoms. The van der Waals surface area contributed by atoms with E-state index in [4.69, 9.17) is 10.5 Å². The minimum atomic E-state index is -5.33. The van der Waals surface area contributed by atoms with Crippen LogP contribution in [0.15, 0.2) is 128 Å². The molecule has 1 amide bonds. The van der Waals surface area contributed by atoms with Crippen molar-refractivity contribution < 1.29 is 94.9 Å². The van der Waals surface area contributed by atoms with E-state index >= 15 is 0 Å². The summed E-state index contributed by atoms with van der Waals surface area (Å²) < 4.78 is 78.9. The van der Waals surface area contributed by atoms with Gasteiger partial charge in [0.05, 0.1) is 56.4 Å². The number of carbonyl (C=O) groups is 3. The highest BCUT2D eigenvalue weighted by Gasteiger charge is 2.41. The number of carbonyl (C=O) groups excluding carboxylic acids is 1. The van der Waals surface area contributed by atoms with Gasteiger partial charge in [-0.15, -0.1) is 24.0 Å². The summed E-state index contributed by atoms with van der Waals surface area (Å²) >= 11 is 0.663. The van der Waals surface area contributed by atoms with E-state index in [9.17, 15) is 70.9 Å². The first-order valence-corrected chi connectivity index (χ1v) is 21.5. The van der Waals surface area contributed by atoms with E-state index in [1.165, 1.54) is 24.3 Å². The lowest BCUT2D eigenvalue weighted by atomic mass is 10.1. The van der Waals surface area contributed by atoms with Gasteiger partial charge in [0.2, 0.25) is 6.04 Å². The summed E-state index contributed by atoms with van der Waals surface area (Å²) in [5, 5.41) is 103. The van der Waals surface area contributed by atoms with Crippen LogP contribution in [0, 0.1) is 10.1 Å². The van der Waals surface area contributed by atoms with Crippen LogP contribution in [0.3, 0.4) is 0 Å². The monoisotopic (exact) mass is 1010 g/mol. The molecule has 5 aromatic carbocycles. The topological polar surface area (TPSA) is 451 Å². The van der Waals surface area contributed by atoms with Gasteiger partial charge in [-0.3, -0.25) is 24.0 Å². The van der Waals surface area contributed by atoms with Crippen LogP contribution >= 0.6 is 24.1 Å². The van der Waals surface area contributed by atoms with Crippen molar-refractivity contribution in [3.63, 3.8) is 0 Å². The van der Waals surface area contributed by atoms with Crippen LogP contribution in [0.4, 0.5) is 39.8 Å². The van der Waals surface area contributed by atoms with Gasteiger partial charge < -0.3 is 20.4 Å². The number of aliphatic carboxylic acids is 1. The summed E-state index contributed by atoms with van der Waals surface area (Å²) in [5.74, 6) is -6.80. The quantitative estimate of drug-likeness (QED) is 0.0110. The van der Waals surface area contributed by atoms with Crippen LogP contribution in [0.5, 0.6) is 11.5 Å². The van der Waals surface area contributed by atoms with Crippen LogP contribution < -0.4 is 5.01 Å². The smallest absolute Gasteiger partial charge is 0.355 e. The van der Waals surface area contributed by atoms with E-state index in [-0.39, 0.29) is 17.7 Å². The first-order chi connectivity index (χ1) is 31.6. The number of phenols is 2. The number of rotatable bonds is 18. The van der Waals surface area contributed by atoms with Gasteiger partial charge in [0.1, 0.15) is 32.4 Å². The molecule has 5 aromatic rings. The predicted molar refractivity (Wildman–Crippen MR) is 220 cm³/mol. The lowest BCUT2D eigenvalue weighted by Gasteiger charge is -2.13. The first kappa shape index (κ1) is 49.0. The lowest BCUT2D eigenvalue weighted by molar-refractivity contribution is -0.432. The Hall–Kier alpha value is -7.48. The Bertz CT molecular complexity index is 3230. The highest BCUT2D eigenvalue weighted by molar-refractivity contribution is 7.95. The minimum absolute atomic E-state index is 0.0647. The normalized spacial score (nSPS) is 14.5. The number of anilines is 1. The predicted octanol–water partition coefficient (Wildman–Crippen LogP) is 6.98. The number of nitro benzene ring substituents is 1. The summed E-state index contributed by atoms with van der Waals surface area (Å²) in [6, 6.07) is 10.0. The molecular formula is C33H21N9O21S4. The Kier molecular flexibility index (Phi) is 14.6. The van der Waals surface area contributed by atoms with Crippen molar-refractivity contribution in [2.75, 3.05) is 5.01 Å². The molecule has 0 radical (unpaired) electrons. The number of carboxylic acids is 2. The van der Waals surface area contributed by atoms with E-state index < -0.39 is 131 Å². The Morgan fingerprint density at radius 2 is 1.36 bits per heavy atom. The molecule has 0 spiro atoms. The van der Waals surface area contributed by atoms with Crippen LogP contribution in [-0.4, -0.2) is 91.4 Å². The average Bonchev–Trinajstić information content (AvgIpc) is 3.61. The number of azo groups is 3. The molecule has 1 aliphatic heterocycles. The zero-order valence-corrected chi connectivity index (χ0v) is 35.3. The van der Waals surface area contributed by atoms with Crippen molar-refractivity contribution in [2.24, 2.45) is 35.8 Å². The number of phenolic OH excluding ortho intramolecular Hbond substituents is 2. The summed E-state index contributed by atoms with van der Waals surface area (Å²) in [6.07, 6.45) is 0. The third-order valence-corrected chi connectivity index (χ3v) is 11.5. The third kappa shape index (κ3) is 10.8. The van der Waals surface area contributed by atoms with Gasteiger partial charge in [0.25, 0.3) is 31.8 Å². The highest BCUT2D eigenvalue weighted by atomic mass is 32.2. The molecule has 0 bridgehead atoms.